The van der Waals surface area contributed by atoms with Crippen LogP contribution in [0.25, 0.3) is 0 Å². The van der Waals surface area contributed by atoms with Crippen molar-refractivity contribution in [2.45, 2.75) is 20.0 Å². The molecule has 12 heavy (non-hydrogen) atoms. The number of carbonyl (C=O) groups is 1. The molecule has 0 aromatic carbocycles. The summed E-state index contributed by atoms with van der Waals surface area (Å²) in [6, 6.07) is 1.25. The SMILES string of the molecule is CC(C)OC(=O)n1ccc(=O)[nH]1. The van der Waals surface area contributed by atoms with Crippen LogP contribution >= 0.6 is 0 Å². The first-order valence-electron chi connectivity index (χ1n) is 3.58. The third-order valence-corrected chi connectivity index (χ3v) is 1.14. The van der Waals surface area contributed by atoms with E-state index in [2.05, 4.69) is 5.10 Å². The quantitative estimate of drug-likeness (QED) is 0.670. The lowest BCUT2D eigenvalue weighted by molar-refractivity contribution is 0.114. The number of aromatic nitrogens is 2. The van der Waals surface area contributed by atoms with Crippen molar-refractivity contribution in [2.24, 2.45) is 0 Å². The van der Waals surface area contributed by atoms with Crippen LogP contribution in [-0.2, 0) is 4.74 Å². The van der Waals surface area contributed by atoms with E-state index in [0.29, 0.717) is 0 Å². The monoisotopic (exact) mass is 170 g/mol. The van der Waals surface area contributed by atoms with Gasteiger partial charge in [0.1, 0.15) is 0 Å². The number of H-pyrrole nitrogens is 1. The maximum atomic E-state index is 11.0. The smallest absolute Gasteiger partial charge is 0.433 e. The molecule has 1 aromatic rings. The van der Waals surface area contributed by atoms with E-state index in [9.17, 15) is 9.59 Å². The zero-order chi connectivity index (χ0) is 9.14. The van der Waals surface area contributed by atoms with E-state index >= 15 is 0 Å². The van der Waals surface area contributed by atoms with Gasteiger partial charge in [0.15, 0.2) is 0 Å². The summed E-state index contributed by atoms with van der Waals surface area (Å²) in [5, 5.41) is 2.27. The number of hydrogen-bond acceptors (Lipinski definition) is 3. The number of hydrogen-bond donors (Lipinski definition) is 1. The molecule has 0 aliphatic heterocycles. The minimum atomic E-state index is -0.577. The van der Waals surface area contributed by atoms with Crippen LogP contribution in [-0.4, -0.2) is 22.0 Å². The summed E-state index contributed by atoms with van der Waals surface area (Å²) in [5.41, 5.74) is -0.323. The van der Waals surface area contributed by atoms with Crippen molar-refractivity contribution in [1.82, 2.24) is 9.78 Å². The lowest BCUT2D eigenvalue weighted by atomic mass is 10.5. The minimum absolute atomic E-state index is 0.191. The molecular weight excluding hydrogens is 160 g/mol. The molecule has 0 aliphatic rings. The van der Waals surface area contributed by atoms with Gasteiger partial charge < -0.3 is 4.74 Å². The molecule has 0 amide bonds. The normalized spacial score (nSPS) is 10.2. The van der Waals surface area contributed by atoms with Crippen molar-refractivity contribution in [1.29, 1.82) is 0 Å². The molecule has 1 N–H and O–H groups in total. The Labute approximate surface area is 68.9 Å². The highest BCUT2D eigenvalue weighted by Crippen LogP contribution is 1.91. The number of ether oxygens (including phenoxy) is 1. The summed E-state index contributed by atoms with van der Waals surface area (Å²) in [6.07, 6.45) is 0.558. The van der Waals surface area contributed by atoms with Crippen LogP contribution in [0.5, 0.6) is 0 Å². The van der Waals surface area contributed by atoms with Gasteiger partial charge in [0.25, 0.3) is 5.56 Å². The van der Waals surface area contributed by atoms with Gasteiger partial charge in [-0.2, -0.15) is 4.68 Å². The van der Waals surface area contributed by atoms with Crippen LogP contribution in [0.3, 0.4) is 0 Å². The molecule has 0 fully saturated rings. The maximum absolute atomic E-state index is 11.0. The van der Waals surface area contributed by atoms with Crippen molar-refractivity contribution < 1.29 is 9.53 Å². The van der Waals surface area contributed by atoms with Gasteiger partial charge in [0.2, 0.25) is 0 Å². The largest absolute Gasteiger partial charge is 0.445 e. The van der Waals surface area contributed by atoms with Gasteiger partial charge in [-0.05, 0) is 13.8 Å². The summed E-state index contributed by atoms with van der Waals surface area (Å²) in [4.78, 5) is 21.6. The van der Waals surface area contributed by atoms with Gasteiger partial charge in [-0.15, -0.1) is 0 Å². The third-order valence-electron chi connectivity index (χ3n) is 1.14. The van der Waals surface area contributed by atoms with Gasteiger partial charge in [-0.25, -0.2) is 4.79 Å². The van der Waals surface area contributed by atoms with Gasteiger partial charge in [0, 0.05) is 12.3 Å². The van der Waals surface area contributed by atoms with Gasteiger partial charge >= 0.3 is 6.09 Å². The molecule has 0 bridgehead atoms. The average Bonchev–Trinajstić information content (AvgIpc) is 2.34. The van der Waals surface area contributed by atoms with Crippen LogP contribution in [0.2, 0.25) is 0 Å². The highest BCUT2D eigenvalue weighted by Gasteiger charge is 2.06. The summed E-state index contributed by atoms with van der Waals surface area (Å²) in [5.74, 6) is 0. The molecule has 0 unspecified atom stereocenters. The number of carbonyl (C=O) groups excluding carboxylic acids is 1. The second-order valence-electron chi connectivity index (χ2n) is 2.59. The summed E-state index contributed by atoms with van der Waals surface area (Å²) in [7, 11) is 0. The van der Waals surface area contributed by atoms with E-state index in [1.54, 1.807) is 13.8 Å². The van der Waals surface area contributed by atoms with Crippen molar-refractivity contribution >= 4 is 6.09 Å². The van der Waals surface area contributed by atoms with Crippen molar-refractivity contribution in [3.63, 3.8) is 0 Å². The molecule has 1 rings (SSSR count). The van der Waals surface area contributed by atoms with Gasteiger partial charge in [0.05, 0.1) is 6.10 Å². The zero-order valence-corrected chi connectivity index (χ0v) is 6.90. The molecule has 66 valence electrons. The number of nitrogens with zero attached hydrogens (tertiary/aromatic N) is 1. The topological polar surface area (TPSA) is 64.1 Å². The zero-order valence-electron chi connectivity index (χ0n) is 6.90. The molecule has 0 atom stereocenters. The molecule has 5 nitrogen and oxygen atoms in total. The lowest BCUT2D eigenvalue weighted by Crippen LogP contribution is -2.20. The van der Waals surface area contributed by atoms with Crippen molar-refractivity contribution in [3.05, 3.63) is 22.6 Å². The fourth-order valence-electron chi connectivity index (χ4n) is 0.700. The molecule has 0 spiro atoms. The lowest BCUT2D eigenvalue weighted by Gasteiger charge is -2.06. The Hall–Kier alpha value is -1.52. The molecule has 0 saturated carbocycles. The first kappa shape index (κ1) is 8.58. The van der Waals surface area contributed by atoms with Gasteiger partial charge in [-0.3, -0.25) is 9.89 Å². The number of nitrogens with one attached hydrogen (secondary N) is 1. The number of aromatic amines is 1. The predicted molar refractivity (Wildman–Crippen MR) is 42.1 cm³/mol. The minimum Gasteiger partial charge on any atom is -0.445 e. The Morgan fingerprint density at radius 2 is 2.33 bits per heavy atom. The predicted octanol–water partition coefficient (Wildman–Crippen LogP) is 0.569. The Kier molecular flexibility index (Phi) is 2.32. The maximum Gasteiger partial charge on any atom is 0.433 e. The van der Waals surface area contributed by atoms with Crippen LogP contribution in [0.15, 0.2) is 17.1 Å². The molecule has 1 aromatic heterocycles. The van der Waals surface area contributed by atoms with E-state index in [4.69, 9.17) is 4.74 Å². The van der Waals surface area contributed by atoms with E-state index in [1.165, 1.54) is 12.3 Å². The van der Waals surface area contributed by atoms with Crippen LogP contribution in [0, 0.1) is 0 Å². The highest BCUT2D eigenvalue weighted by atomic mass is 16.6. The Bertz CT molecular complexity index is 323. The van der Waals surface area contributed by atoms with Gasteiger partial charge in [-0.1, -0.05) is 0 Å². The number of rotatable bonds is 1. The first-order valence-corrected chi connectivity index (χ1v) is 3.58. The molecule has 0 saturated heterocycles. The summed E-state index contributed by atoms with van der Waals surface area (Å²) >= 11 is 0. The van der Waals surface area contributed by atoms with E-state index in [1.807, 2.05) is 0 Å². The Morgan fingerprint density at radius 1 is 1.67 bits per heavy atom. The molecular formula is C7H10N2O3. The van der Waals surface area contributed by atoms with E-state index < -0.39 is 6.09 Å². The standard InChI is InChI=1S/C7H10N2O3/c1-5(2)12-7(11)9-4-3-6(10)8-9/h3-5H,1-2H3,(H,8,10). The Morgan fingerprint density at radius 3 is 2.75 bits per heavy atom. The first-order chi connectivity index (χ1) is 5.59. The molecule has 5 heteroatoms. The fraction of sp³-hybridized carbons (Fsp3) is 0.429. The second-order valence-corrected chi connectivity index (χ2v) is 2.59. The van der Waals surface area contributed by atoms with Crippen LogP contribution in [0.4, 0.5) is 4.79 Å². The average molecular weight is 170 g/mol. The Balaban J connectivity index is 2.72. The van der Waals surface area contributed by atoms with E-state index in [0.717, 1.165) is 4.68 Å². The molecule has 1 heterocycles. The molecule has 0 aliphatic carbocycles. The van der Waals surface area contributed by atoms with Crippen molar-refractivity contribution in [2.75, 3.05) is 0 Å². The van der Waals surface area contributed by atoms with E-state index in [-0.39, 0.29) is 11.7 Å². The van der Waals surface area contributed by atoms with Crippen LogP contribution < -0.4 is 5.56 Å². The second kappa shape index (κ2) is 3.25. The molecule has 0 radical (unpaired) electrons. The highest BCUT2D eigenvalue weighted by molar-refractivity contribution is 5.69. The summed E-state index contributed by atoms with van der Waals surface area (Å²) < 4.78 is 5.81. The summed E-state index contributed by atoms with van der Waals surface area (Å²) in [6.45, 7) is 3.47. The van der Waals surface area contributed by atoms with Crippen LogP contribution in [0.1, 0.15) is 13.8 Å². The third kappa shape index (κ3) is 1.98. The van der Waals surface area contributed by atoms with Crippen molar-refractivity contribution in [3.8, 4) is 0 Å². The fourth-order valence-corrected chi connectivity index (χ4v) is 0.700.